The predicted molar refractivity (Wildman–Crippen MR) is 79.4 cm³/mol. The molecule has 0 aliphatic carbocycles. The third kappa shape index (κ3) is 2.84. The van der Waals surface area contributed by atoms with Crippen molar-refractivity contribution in [2.75, 3.05) is 38.7 Å². The molecule has 1 aromatic heterocycles. The lowest BCUT2D eigenvalue weighted by molar-refractivity contribution is 0.0806. The summed E-state index contributed by atoms with van der Waals surface area (Å²) in [6.45, 7) is 3.23. The molecule has 2 aromatic rings. The summed E-state index contributed by atoms with van der Waals surface area (Å²) in [7, 11) is 1.67. The van der Waals surface area contributed by atoms with Gasteiger partial charge in [0.05, 0.1) is 20.3 Å². The molecule has 3 rings (SSSR count). The summed E-state index contributed by atoms with van der Waals surface area (Å²) < 4.78 is 10.7. The van der Waals surface area contributed by atoms with Gasteiger partial charge >= 0.3 is 0 Å². The zero-order valence-corrected chi connectivity index (χ0v) is 11.6. The molecular weight excluding hydrogens is 254 g/mol. The highest BCUT2D eigenvalue weighted by molar-refractivity contribution is 5.92. The molecule has 1 aromatic carbocycles. The first-order chi connectivity index (χ1) is 9.86. The molecular formula is C15H19N3O2. The molecule has 2 N–H and O–H groups in total. The number of anilines is 1. The Morgan fingerprint density at radius 3 is 3.20 bits per heavy atom. The fourth-order valence-corrected chi connectivity index (χ4v) is 2.39. The fourth-order valence-electron chi connectivity index (χ4n) is 2.39. The number of nitrogens with one attached hydrogen (secondary N) is 2. The van der Waals surface area contributed by atoms with Crippen molar-refractivity contribution in [3.05, 3.63) is 30.5 Å². The molecule has 1 aliphatic heterocycles. The molecule has 0 radical (unpaired) electrons. The smallest absolute Gasteiger partial charge is 0.134 e. The van der Waals surface area contributed by atoms with Gasteiger partial charge in [-0.25, -0.2) is 4.98 Å². The summed E-state index contributed by atoms with van der Waals surface area (Å²) in [4.78, 5) is 4.43. The number of hydrogen-bond acceptors (Lipinski definition) is 5. The van der Waals surface area contributed by atoms with Crippen LogP contribution >= 0.6 is 0 Å². The molecule has 2 heterocycles. The maximum atomic E-state index is 5.45. The van der Waals surface area contributed by atoms with Gasteiger partial charge in [0.1, 0.15) is 11.6 Å². The van der Waals surface area contributed by atoms with Crippen LogP contribution in [-0.2, 0) is 4.74 Å². The van der Waals surface area contributed by atoms with Crippen molar-refractivity contribution in [2.45, 2.75) is 6.04 Å². The molecule has 0 bridgehead atoms. The van der Waals surface area contributed by atoms with E-state index in [1.54, 1.807) is 7.11 Å². The summed E-state index contributed by atoms with van der Waals surface area (Å²) in [6.07, 6.45) is 1.82. The van der Waals surface area contributed by atoms with Crippen molar-refractivity contribution in [1.82, 2.24) is 10.3 Å². The van der Waals surface area contributed by atoms with Crippen LogP contribution in [0.2, 0.25) is 0 Å². The standard InChI is InChI=1S/C15H19N3O2/c1-19-13-3-2-11-4-5-17-15(14(11)8-13)18-9-12-10-20-7-6-16-12/h2-5,8,12,16H,6-7,9-10H2,1H3,(H,17,18). The van der Waals surface area contributed by atoms with Crippen molar-refractivity contribution in [3.8, 4) is 5.75 Å². The Hall–Kier alpha value is -1.85. The van der Waals surface area contributed by atoms with E-state index in [0.29, 0.717) is 6.04 Å². The van der Waals surface area contributed by atoms with E-state index in [1.165, 1.54) is 0 Å². The Bertz CT molecular complexity index is 582. The van der Waals surface area contributed by atoms with Crippen LogP contribution in [0.25, 0.3) is 10.8 Å². The maximum absolute atomic E-state index is 5.45. The monoisotopic (exact) mass is 273 g/mol. The number of fused-ring (bicyclic) bond motifs is 1. The number of rotatable bonds is 4. The minimum absolute atomic E-state index is 0.325. The molecule has 1 saturated heterocycles. The third-order valence-corrected chi connectivity index (χ3v) is 3.49. The minimum Gasteiger partial charge on any atom is -0.497 e. The van der Waals surface area contributed by atoms with Crippen molar-refractivity contribution < 1.29 is 9.47 Å². The lowest BCUT2D eigenvalue weighted by Gasteiger charge is -2.24. The molecule has 1 unspecified atom stereocenters. The van der Waals surface area contributed by atoms with Gasteiger partial charge in [-0.15, -0.1) is 0 Å². The highest BCUT2D eigenvalue weighted by Gasteiger charge is 2.13. The van der Waals surface area contributed by atoms with Gasteiger partial charge in [-0.2, -0.15) is 0 Å². The van der Waals surface area contributed by atoms with Crippen LogP contribution in [0, 0.1) is 0 Å². The Morgan fingerprint density at radius 2 is 2.40 bits per heavy atom. The highest BCUT2D eigenvalue weighted by Crippen LogP contribution is 2.25. The van der Waals surface area contributed by atoms with Crippen molar-refractivity contribution in [1.29, 1.82) is 0 Å². The van der Waals surface area contributed by atoms with E-state index in [9.17, 15) is 0 Å². The van der Waals surface area contributed by atoms with Gasteiger partial charge in [0.25, 0.3) is 0 Å². The Morgan fingerprint density at radius 1 is 1.45 bits per heavy atom. The van der Waals surface area contributed by atoms with Crippen LogP contribution in [0.4, 0.5) is 5.82 Å². The maximum Gasteiger partial charge on any atom is 0.134 e. The van der Waals surface area contributed by atoms with E-state index in [4.69, 9.17) is 9.47 Å². The lowest BCUT2D eigenvalue weighted by atomic mass is 10.1. The largest absolute Gasteiger partial charge is 0.497 e. The molecule has 20 heavy (non-hydrogen) atoms. The lowest BCUT2D eigenvalue weighted by Crippen LogP contribution is -2.45. The van der Waals surface area contributed by atoms with Gasteiger partial charge in [-0.3, -0.25) is 0 Å². The number of aromatic nitrogens is 1. The van der Waals surface area contributed by atoms with E-state index < -0.39 is 0 Å². The van der Waals surface area contributed by atoms with E-state index in [1.807, 2.05) is 30.5 Å². The van der Waals surface area contributed by atoms with E-state index >= 15 is 0 Å². The van der Waals surface area contributed by atoms with Gasteiger partial charge in [0, 0.05) is 30.7 Å². The average Bonchev–Trinajstić information content (AvgIpc) is 2.53. The molecule has 0 amide bonds. The SMILES string of the molecule is COc1ccc2ccnc(NCC3COCCN3)c2c1. The van der Waals surface area contributed by atoms with Crippen LogP contribution in [0.3, 0.4) is 0 Å². The van der Waals surface area contributed by atoms with Gasteiger partial charge in [-0.1, -0.05) is 6.07 Å². The first-order valence-electron chi connectivity index (χ1n) is 6.84. The second kappa shape index (κ2) is 6.07. The molecule has 0 spiro atoms. The molecule has 1 fully saturated rings. The van der Waals surface area contributed by atoms with Gasteiger partial charge in [0.2, 0.25) is 0 Å². The van der Waals surface area contributed by atoms with E-state index in [0.717, 1.165) is 48.6 Å². The Labute approximate surface area is 118 Å². The number of nitrogens with zero attached hydrogens (tertiary/aromatic N) is 1. The van der Waals surface area contributed by atoms with Crippen LogP contribution in [-0.4, -0.2) is 44.4 Å². The quantitative estimate of drug-likeness (QED) is 0.887. The molecule has 5 nitrogen and oxygen atoms in total. The molecule has 1 atom stereocenters. The summed E-state index contributed by atoms with van der Waals surface area (Å²) in [6, 6.07) is 8.34. The number of pyridine rings is 1. The summed E-state index contributed by atoms with van der Waals surface area (Å²) in [5, 5.41) is 9.04. The third-order valence-electron chi connectivity index (χ3n) is 3.49. The van der Waals surface area contributed by atoms with Crippen LogP contribution < -0.4 is 15.4 Å². The first kappa shape index (κ1) is 13.1. The second-order valence-corrected chi connectivity index (χ2v) is 4.85. The summed E-state index contributed by atoms with van der Waals surface area (Å²) in [5.74, 6) is 1.72. The zero-order chi connectivity index (χ0) is 13.8. The Balaban J connectivity index is 1.79. The number of morpholine rings is 1. The molecule has 1 aliphatic rings. The number of benzene rings is 1. The minimum atomic E-state index is 0.325. The number of ether oxygens (including phenoxy) is 2. The topological polar surface area (TPSA) is 55.4 Å². The van der Waals surface area contributed by atoms with E-state index in [2.05, 4.69) is 15.6 Å². The van der Waals surface area contributed by atoms with Crippen molar-refractivity contribution >= 4 is 16.6 Å². The second-order valence-electron chi connectivity index (χ2n) is 4.85. The van der Waals surface area contributed by atoms with Crippen molar-refractivity contribution in [2.24, 2.45) is 0 Å². The summed E-state index contributed by atoms with van der Waals surface area (Å²) in [5.41, 5.74) is 0. The first-order valence-corrected chi connectivity index (χ1v) is 6.84. The predicted octanol–water partition coefficient (Wildman–Crippen LogP) is 1.64. The number of hydrogen-bond donors (Lipinski definition) is 2. The van der Waals surface area contributed by atoms with Crippen LogP contribution in [0.1, 0.15) is 0 Å². The normalized spacial score (nSPS) is 18.9. The van der Waals surface area contributed by atoms with Crippen LogP contribution in [0.15, 0.2) is 30.5 Å². The van der Waals surface area contributed by atoms with Gasteiger partial charge < -0.3 is 20.1 Å². The molecule has 5 heteroatoms. The van der Waals surface area contributed by atoms with Gasteiger partial charge in [0.15, 0.2) is 0 Å². The average molecular weight is 273 g/mol. The Kier molecular flexibility index (Phi) is 3.99. The molecule has 0 saturated carbocycles. The fraction of sp³-hybridized carbons (Fsp3) is 0.400. The van der Waals surface area contributed by atoms with Crippen LogP contribution in [0.5, 0.6) is 5.75 Å². The van der Waals surface area contributed by atoms with Gasteiger partial charge in [-0.05, 0) is 23.6 Å². The molecule has 106 valence electrons. The number of methoxy groups -OCH3 is 1. The highest BCUT2D eigenvalue weighted by atomic mass is 16.5. The van der Waals surface area contributed by atoms with Crippen molar-refractivity contribution in [3.63, 3.8) is 0 Å². The summed E-state index contributed by atoms with van der Waals surface area (Å²) >= 11 is 0. The zero-order valence-electron chi connectivity index (χ0n) is 11.6. The van der Waals surface area contributed by atoms with E-state index in [-0.39, 0.29) is 0 Å².